The van der Waals surface area contributed by atoms with Crippen LogP contribution in [0.3, 0.4) is 0 Å². The lowest BCUT2D eigenvalue weighted by atomic mass is 9.77. The summed E-state index contributed by atoms with van der Waals surface area (Å²) in [5.41, 5.74) is 0.681. The number of amides is 1. The fraction of sp³-hybridized carbons (Fsp3) is 0.467. The largest absolute Gasteiger partial charge is 0.394 e. The molecule has 2 N–H and O–H groups in total. The van der Waals surface area contributed by atoms with Crippen LogP contribution in [-0.2, 0) is 4.79 Å². The number of aliphatic hydroxyl groups excluding tert-OH is 1. The van der Waals surface area contributed by atoms with E-state index in [1.165, 1.54) is 0 Å². The minimum atomic E-state index is -0.382. The van der Waals surface area contributed by atoms with Crippen LogP contribution in [0.25, 0.3) is 0 Å². The van der Waals surface area contributed by atoms with Gasteiger partial charge in [-0.15, -0.1) is 11.8 Å². The number of nitrogens with zero attached hydrogens (tertiary/aromatic N) is 1. The van der Waals surface area contributed by atoms with Gasteiger partial charge in [0, 0.05) is 11.3 Å². The molecule has 1 aliphatic heterocycles. The molecule has 20 heavy (non-hydrogen) atoms. The third-order valence-corrected chi connectivity index (χ3v) is 5.07. The number of nitrogens with one attached hydrogen (secondary N) is 1. The molecule has 1 saturated carbocycles. The Morgan fingerprint density at radius 1 is 1.40 bits per heavy atom. The van der Waals surface area contributed by atoms with Gasteiger partial charge in [0.1, 0.15) is 6.04 Å². The van der Waals surface area contributed by atoms with E-state index in [2.05, 4.69) is 10.3 Å². The van der Waals surface area contributed by atoms with Crippen LogP contribution >= 0.6 is 11.8 Å². The average Bonchev–Trinajstić information content (AvgIpc) is 2.93. The van der Waals surface area contributed by atoms with Crippen LogP contribution in [0.2, 0.25) is 0 Å². The van der Waals surface area contributed by atoms with E-state index in [1.54, 1.807) is 11.8 Å². The van der Waals surface area contributed by atoms with Crippen molar-refractivity contribution >= 4 is 22.7 Å². The van der Waals surface area contributed by atoms with Gasteiger partial charge in [-0.25, -0.2) is 0 Å². The highest BCUT2D eigenvalue weighted by atomic mass is 32.2. The van der Waals surface area contributed by atoms with Gasteiger partial charge in [0.2, 0.25) is 5.91 Å². The Bertz CT molecular complexity index is 520. The standard InChI is InChI=1S/C15H18N2O2S/c18-10-15(7-4-8-15)17-13(19)12-9-20-14(16-12)11-5-2-1-3-6-11/h1-3,5-6,12,18H,4,7-10H2,(H,17,19). The second kappa shape index (κ2) is 5.58. The first-order valence-electron chi connectivity index (χ1n) is 6.91. The maximum absolute atomic E-state index is 12.2. The first kappa shape index (κ1) is 13.6. The monoisotopic (exact) mass is 290 g/mol. The van der Waals surface area contributed by atoms with Crippen molar-refractivity contribution in [2.24, 2.45) is 4.99 Å². The van der Waals surface area contributed by atoms with Crippen molar-refractivity contribution in [1.29, 1.82) is 0 Å². The minimum absolute atomic E-state index is 0.0217. The van der Waals surface area contributed by atoms with E-state index in [0.29, 0.717) is 5.75 Å². The lowest BCUT2D eigenvalue weighted by Crippen LogP contribution is -2.58. The van der Waals surface area contributed by atoms with Crippen molar-refractivity contribution in [2.45, 2.75) is 30.8 Å². The highest BCUT2D eigenvalue weighted by Gasteiger charge is 2.39. The molecule has 1 unspecified atom stereocenters. The van der Waals surface area contributed by atoms with Crippen LogP contribution in [0, 0.1) is 0 Å². The second-order valence-corrected chi connectivity index (χ2v) is 6.42. The van der Waals surface area contributed by atoms with Crippen molar-refractivity contribution in [3.63, 3.8) is 0 Å². The van der Waals surface area contributed by atoms with Crippen LogP contribution < -0.4 is 5.32 Å². The summed E-state index contributed by atoms with van der Waals surface area (Å²) >= 11 is 1.62. The van der Waals surface area contributed by atoms with Crippen LogP contribution in [-0.4, -0.2) is 40.0 Å². The lowest BCUT2D eigenvalue weighted by Gasteiger charge is -2.41. The molecule has 5 heteroatoms. The Morgan fingerprint density at radius 3 is 2.75 bits per heavy atom. The molecule has 1 fully saturated rings. The summed E-state index contributed by atoms with van der Waals surface area (Å²) in [5, 5.41) is 13.3. The highest BCUT2D eigenvalue weighted by molar-refractivity contribution is 8.14. The van der Waals surface area contributed by atoms with E-state index in [9.17, 15) is 9.90 Å². The number of aliphatic imine (C=N–C) groups is 1. The Morgan fingerprint density at radius 2 is 2.15 bits per heavy atom. The van der Waals surface area contributed by atoms with Gasteiger partial charge in [0.15, 0.2) is 0 Å². The summed E-state index contributed by atoms with van der Waals surface area (Å²) < 4.78 is 0. The molecule has 1 aromatic rings. The van der Waals surface area contributed by atoms with Crippen molar-refractivity contribution < 1.29 is 9.90 Å². The molecule has 1 heterocycles. The molecule has 0 saturated heterocycles. The van der Waals surface area contributed by atoms with Gasteiger partial charge in [-0.2, -0.15) is 0 Å². The zero-order valence-corrected chi connectivity index (χ0v) is 12.0. The Balaban J connectivity index is 1.67. The van der Waals surface area contributed by atoms with Crippen LogP contribution in [0.1, 0.15) is 24.8 Å². The predicted molar refractivity (Wildman–Crippen MR) is 81.0 cm³/mol. The average molecular weight is 290 g/mol. The second-order valence-electron chi connectivity index (χ2n) is 5.41. The van der Waals surface area contributed by atoms with Gasteiger partial charge in [0.25, 0.3) is 0 Å². The molecule has 1 amide bonds. The van der Waals surface area contributed by atoms with E-state index < -0.39 is 0 Å². The van der Waals surface area contributed by atoms with Gasteiger partial charge < -0.3 is 10.4 Å². The molecule has 4 nitrogen and oxygen atoms in total. The molecule has 3 rings (SSSR count). The van der Waals surface area contributed by atoms with Gasteiger partial charge in [-0.3, -0.25) is 9.79 Å². The summed E-state index contributed by atoms with van der Waals surface area (Å²) in [6.07, 6.45) is 2.80. The quantitative estimate of drug-likeness (QED) is 0.885. The van der Waals surface area contributed by atoms with Gasteiger partial charge in [-0.05, 0) is 19.3 Å². The number of carbonyl (C=O) groups is 1. The number of thioether (sulfide) groups is 1. The summed E-state index contributed by atoms with van der Waals surface area (Å²) in [4.78, 5) is 16.8. The maximum Gasteiger partial charge on any atom is 0.246 e. The molecule has 0 aromatic heterocycles. The van der Waals surface area contributed by atoms with E-state index >= 15 is 0 Å². The first-order chi connectivity index (χ1) is 9.72. The fourth-order valence-corrected chi connectivity index (χ4v) is 3.56. The van der Waals surface area contributed by atoms with E-state index in [1.807, 2.05) is 30.3 Å². The summed E-state index contributed by atoms with van der Waals surface area (Å²) in [6.45, 7) is 0.0217. The number of hydrogen-bond donors (Lipinski definition) is 2. The molecular formula is C15H18N2O2S. The van der Waals surface area contributed by atoms with Crippen molar-refractivity contribution in [2.75, 3.05) is 12.4 Å². The molecule has 0 bridgehead atoms. The smallest absolute Gasteiger partial charge is 0.246 e. The number of hydrogen-bond acceptors (Lipinski definition) is 4. The maximum atomic E-state index is 12.2. The normalized spacial score (nSPS) is 23.9. The van der Waals surface area contributed by atoms with E-state index in [-0.39, 0.29) is 24.1 Å². The topological polar surface area (TPSA) is 61.7 Å². The Labute approximate surface area is 122 Å². The minimum Gasteiger partial charge on any atom is -0.394 e. The zero-order valence-electron chi connectivity index (χ0n) is 11.2. The molecule has 1 aromatic carbocycles. The zero-order chi connectivity index (χ0) is 14.0. The predicted octanol–water partition coefficient (Wildman–Crippen LogP) is 1.58. The highest BCUT2D eigenvalue weighted by Crippen LogP contribution is 2.32. The number of aliphatic hydroxyl groups is 1. The SMILES string of the molecule is O=C(NC1(CO)CCC1)C1CSC(c2ccccc2)=N1. The van der Waals surface area contributed by atoms with Crippen molar-refractivity contribution in [3.8, 4) is 0 Å². The van der Waals surface area contributed by atoms with Gasteiger partial charge in [-0.1, -0.05) is 30.3 Å². The fourth-order valence-electron chi connectivity index (χ4n) is 2.52. The summed E-state index contributed by atoms with van der Waals surface area (Å²) in [5.74, 6) is 0.620. The molecule has 1 aliphatic carbocycles. The third-order valence-electron chi connectivity index (χ3n) is 3.98. The van der Waals surface area contributed by atoms with Crippen LogP contribution in [0.15, 0.2) is 35.3 Å². The first-order valence-corrected chi connectivity index (χ1v) is 7.90. The van der Waals surface area contributed by atoms with Crippen molar-refractivity contribution in [3.05, 3.63) is 35.9 Å². The Kier molecular flexibility index (Phi) is 3.81. The molecule has 106 valence electrons. The van der Waals surface area contributed by atoms with Crippen LogP contribution in [0.4, 0.5) is 0 Å². The Hall–Kier alpha value is -1.33. The third kappa shape index (κ3) is 2.60. The summed E-state index contributed by atoms with van der Waals surface area (Å²) in [7, 11) is 0. The van der Waals surface area contributed by atoms with E-state index in [4.69, 9.17) is 0 Å². The molecule has 1 atom stereocenters. The number of benzene rings is 1. The van der Waals surface area contributed by atoms with Crippen molar-refractivity contribution in [1.82, 2.24) is 5.32 Å². The van der Waals surface area contributed by atoms with E-state index in [0.717, 1.165) is 29.9 Å². The molecular weight excluding hydrogens is 272 g/mol. The molecule has 2 aliphatic rings. The van der Waals surface area contributed by atoms with Gasteiger partial charge >= 0.3 is 0 Å². The van der Waals surface area contributed by atoms with Crippen LogP contribution in [0.5, 0.6) is 0 Å². The molecule has 0 radical (unpaired) electrons. The summed E-state index contributed by atoms with van der Waals surface area (Å²) in [6, 6.07) is 9.59. The number of rotatable bonds is 4. The lowest BCUT2D eigenvalue weighted by molar-refractivity contribution is -0.125. The molecule has 0 spiro atoms. The van der Waals surface area contributed by atoms with Gasteiger partial charge in [0.05, 0.1) is 17.2 Å². The number of carbonyl (C=O) groups excluding carboxylic acids is 1.